The van der Waals surface area contributed by atoms with Crippen LogP contribution >= 0.6 is 11.8 Å². The van der Waals surface area contributed by atoms with E-state index in [4.69, 9.17) is 4.74 Å². The predicted octanol–water partition coefficient (Wildman–Crippen LogP) is 3.24. The van der Waals surface area contributed by atoms with E-state index in [1.807, 2.05) is 52.0 Å². The van der Waals surface area contributed by atoms with Crippen LogP contribution in [-0.4, -0.2) is 52.0 Å². The lowest BCUT2D eigenvalue weighted by Gasteiger charge is -2.35. The van der Waals surface area contributed by atoms with Gasteiger partial charge in [-0.15, -0.1) is 11.8 Å². The van der Waals surface area contributed by atoms with Crippen molar-refractivity contribution in [2.45, 2.75) is 43.9 Å². The number of esters is 1. The molecule has 9 heteroatoms. The van der Waals surface area contributed by atoms with Gasteiger partial charge in [-0.1, -0.05) is 39.5 Å². The molecular formula is C25H30N4O4S. The normalized spacial score (nSPS) is 31.2. The minimum Gasteiger partial charge on any atom is -0.461 e. The van der Waals surface area contributed by atoms with E-state index in [1.165, 1.54) is 17.8 Å². The predicted molar refractivity (Wildman–Crippen MR) is 131 cm³/mol. The Morgan fingerprint density at radius 1 is 1.35 bits per heavy atom. The number of nitrogens with one attached hydrogen (secondary N) is 2. The van der Waals surface area contributed by atoms with Crippen LogP contribution in [0.25, 0.3) is 0 Å². The van der Waals surface area contributed by atoms with Crippen LogP contribution in [0.3, 0.4) is 0 Å². The summed E-state index contributed by atoms with van der Waals surface area (Å²) in [5.41, 5.74) is 0.961. The summed E-state index contributed by atoms with van der Waals surface area (Å²) in [6.07, 6.45) is 1.49. The number of anilines is 2. The van der Waals surface area contributed by atoms with Gasteiger partial charge in [0.2, 0.25) is 11.8 Å². The lowest BCUT2D eigenvalue weighted by Crippen LogP contribution is -2.47. The Labute approximate surface area is 204 Å². The van der Waals surface area contributed by atoms with E-state index in [9.17, 15) is 19.6 Å². The van der Waals surface area contributed by atoms with Crippen molar-refractivity contribution in [2.24, 2.45) is 23.2 Å². The molecule has 3 fully saturated rings. The molecule has 6 atom stereocenters. The fourth-order valence-electron chi connectivity index (χ4n) is 4.67. The van der Waals surface area contributed by atoms with Gasteiger partial charge in [-0.05, 0) is 25.1 Å². The molecule has 1 aromatic rings. The summed E-state index contributed by atoms with van der Waals surface area (Å²) in [6, 6.07) is 9.52. The number of fused-ring (bicyclic) bond motifs is 1. The number of nitrogens with zero attached hydrogens (tertiary/aromatic N) is 2. The first-order chi connectivity index (χ1) is 16.1. The molecule has 1 saturated heterocycles. The summed E-state index contributed by atoms with van der Waals surface area (Å²) in [5, 5.41) is 16.1. The van der Waals surface area contributed by atoms with E-state index < -0.39 is 28.1 Å². The lowest BCUT2D eigenvalue weighted by atomic mass is 9.95. The molecule has 3 aliphatic rings. The van der Waals surface area contributed by atoms with Gasteiger partial charge in [0.15, 0.2) is 0 Å². The molecule has 2 N–H and O–H groups in total. The minimum atomic E-state index is -0.876. The Bertz CT molecular complexity index is 1080. The standard InChI is InChI=1S/C25H30N4O4S/c1-6-11-33-22(31)18-16(13-26)25(18)29(7-2)21(30)17-19(20(17)34-25)27-14-9-8-10-15(12-14)28-23(32)24(3,4)5/h6,8-10,12,16-20,27H,1,7,11H2,2-5H3,(H,28,32). The molecule has 0 radical (unpaired) electrons. The molecule has 6 unspecified atom stereocenters. The molecule has 2 saturated carbocycles. The van der Waals surface area contributed by atoms with E-state index >= 15 is 0 Å². The molecule has 4 rings (SSSR count). The Morgan fingerprint density at radius 3 is 2.68 bits per heavy atom. The molecule has 1 heterocycles. The molecule has 8 nitrogen and oxygen atoms in total. The number of hydrogen-bond acceptors (Lipinski definition) is 7. The van der Waals surface area contributed by atoms with Crippen LogP contribution in [-0.2, 0) is 19.1 Å². The second kappa shape index (κ2) is 8.66. The van der Waals surface area contributed by atoms with Crippen LogP contribution in [0.15, 0.2) is 36.9 Å². The number of carbonyl (C=O) groups excluding carboxylic acids is 3. The number of benzene rings is 1. The van der Waals surface area contributed by atoms with Crippen molar-refractivity contribution in [3.05, 3.63) is 36.9 Å². The van der Waals surface area contributed by atoms with Crippen molar-refractivity contribution in [3.63, 3.8) is 0 Å². The lowest BCUT2D eigenvalue weighted by molar-refractivity contribution is -0.145. The molecule has 1 aliphatic heterocycles. The zero-order chi connectivity index (χ0) is 24.8. The van der Waals surface area contributed by atoms with E-state index in [0.717, 1.165) is 5.69 Å². The molecule has 34 heavy (non-hydrogen) atoms. The van der Waals surface area contributed by atoms with E-state index in [2.05, 4.69) is 23.3 Å². The minimum absolute atomic E-state index is 0.0415. The first-order valence-electron chi connectivity index (χ1n) is 11.4. The molecule has 0 bridgehead atoms. The molecule has 1 aromatic carbocycles. The van der Waals surface area contributed by atoms with Crippen molar-refractivity contribution in [3.8, 4) is 6.07 Å². The summed E-state index contributed by atoms with van der Waals surface area (Å²) in [4.78, 5) is 39.1. The number of thioether (sulfide) groups is 1. The first-order valence-corrected chi connectivity index (χ1v) is 12.3. The van der Waals surface area contributed by atoms with Gasteiger partial charge in [0, 0.05) is 28.6 Å². The van der Waals surface area contributed by atoms with Crippen LogP contribution in [0.1, 0.15) is 27.7 Å². The summed E-state index contributed by atoms with van der Waals surface area (Å²) in [7, 11) is 0. The van der Waals surface area contributed by atoms with E-state index in [-0.39, 0.29) is 35.6 Å². The van der Waals surface area contributed by atoms with Gasteiger partial charge >= 0.3 is 5.97 Å². The first kappa shape index (κ1) is 24.1. The third kappa shape index (κ3) is 3.94. The molecule has 2 aliphatic carbocycles. The van der Waals surface area contributed by atoms with Crippen LogP contribution in [0.4, 0.5) is 11.4 Å². The number of rotatable bonds is 7. The Balaban J connectivity index is 1.50. The molecular weight excluding hydrogens is 452 g/mol. The van der Waals surface area contributed by atoms with Crippen molar-refractivity contribution in [2.75, 3.05) is 23.8 Å². The topological polar surface area (TPSA) is 112 Å². The third-order valence-corrected chi connectivity index (χ3v) is 8.52. The molecule has 0 aromatic heterocycles. The largest absolute Gasteiger partial charge is 0.461 e. The highest BCUT2D eigenvalue weighted by Gasteiger charge is 2.80. The number of nitriles is 1. The second-order valence-corrected chi connectivity index (χ2v) is 11.3. The fraction of sp³-hybridized carbons (Fsp3) is 0.520. The van der Waals surface area contributed by atoms with Gasteiger partial charge in [0.25, 0.3) is 0 Å². The maximum atomic E-state index is 13.4. The Kier molecular flexibility index (Phi) is 6.15. The highest BCUT2D eigenvalue weighted by molar-refractivity contribution is 8.02. The number of amides is 2. The molecule has 180 valence electrons. The average Bonchev–Trinajstić information content (AvgIpc) is 3.65. The molecule has 1 spiro atoms. The average molecular weight is 483 g/mol. The van der Waals surface area contributed by atoms with Crippen LogP contribution in [0.2, 0.25) is 0 Å². The zero-order valence-electron chi connectivity index (χ0n) is 19.8. The summed E-state index contributed by atoms with van der Waals surface area (Å²) >= 11 is 1.54. The zero-order valence-corrected chi connectivity index (χ0v) is 20.6. The summed E-state index contributed by atoms with van der Waals surface area (Å²) in [5.74, 6) is -2.08. The molecule has 2 amide bonds. The number of hydrogen-bond donors (Lipinski definition) is 2. The van der Waals surface area contributed by atoms with Crippen molar-refractivity contribution < 1.29 is 19.1 Å². The van der Waals surface area contributed by atoms with Crippen LogP contribution in [0, 0.1) is 34.5 Å². The Morgan fingerprint density at radius 2 is 2.06 bits per heavy atom. The SMILES string of the molecule is C=CCOC(=O)C1C(C#N)C12SC1C(Nc3cccc(NC(=O)C(C)(C)C)c3)C1C(=O)N2CC. The quantitative estimate of drug-likeness (QED) is 0.453. The smallest absolute Gasteiger partial charge is 0.314 e. The fourth-order valence-corrected chi connectivity index (χ4v) is 6.82. The van der Waals surface area contributed by atoms with Gasteiger partial charge in [-0.25, -0.2) is 0 Å². The van der Waals surface area contributed by atoms with E-state index in [0.29, 0.717) is 12.2 Å². The van der Waals surface area contributed by atoms with Gasteiger partial charge in [-0.2, -0.15) is 5.26 Å². The number of ether oxygens (including phenoxy) is 1. The Hall–Kier alpha value is -2.99. The highest BCUT2D eigenvalue weighted by atomic mass is 32.2. The summed E-state index contributed by atoms with van der Waals surface area (Å²) < 4.78 is 5.23. The van der Waals surface area contributed by atoms with Crippen molar-refractivity contribution in [1.29, 1.82) is 5.26 Å². The van der Waals surface area contributed by atoms with E-state index in [1.54, 1.807) is 4.90 Å². The van der Waals surface area contributed by atoms with Gasteiger partial charge in [-0.3, -0.25) is 14.4 Å². The monoisotopic (exact) mass is 482 g/mol. The third-order valence-electron chi connectivity index (χ3n) is 6.55. The maximum Gasteiger partial charge on any atom is 0.314 e. The highest BCUT2D eigenvalue weighted by Crippen LogP contribution is 2.70. The van der Waals surface area contributed by atoms with Gasteiger partial charge in [0.05, 0.1) is 23.9 Å². The van der Waals surface area contributed by atoms with Gasteiger partial charge < -0.3 is 20.3 Å². The van der Waals surface area contributed by atoms with Crippen LogP contribution in [0.5, 0.6) is 0 Å². The van der Waals surface area contributed by atoms with Crippen molar-refractivity contribution >= 4 is 40.9 Å². The van der Waals surface area contributed by atoms with Gasteiger partial charge in [0.1, 0.15) is 17.4 Å². The summed E-state index contributed by atoms with van der Waals surface area (Å²) in [6.45, 7) is 11.5. The van der Waals surface area contributed by atoms with Crippen LogP contribution < -0.4 is 10.6 Å². The maximum absolute atomic E-state index is 13.4. The second-order valence-electron chi connectivity index (χ2n) is 9.90. The number of carbonyl (C=O) groups is 3. The van der Waals surface area contributed by atoms with Crippen molar-refractivity contribution in [1.82, 2.24) is 4.90 Å².